The highest BCUT2D eigenvalue weighted by Crippen LogP contribution is 2.39. The maximum atomic E-state index is 13.4. The molecule has 1 aliphatic heterocycles. The first-order valence-electron chi connectivity index (χ1n) is 11.7. The molecule has 1 aliphatic carbocycles. The Kier molecular flexibility index (Phi) is 6.65. The summed E-state index contributed by atoms with van der Waals surface area (Å²) in [5.74, 6) is 6.86. The summed E-state index contributed by atoms with van der Waals surface area (Å²) in [7, 11) is 1.65. The van der Waals surface area contributed by atoms with Crippen molar-refractivity contribution in [2.45, 2.75) is 57.8 Å². The van der Waals surface area contributed by atoms with Crippen LogP contribution in [0.15, 0.2) is 36.4 Å². The summed E-state index contributed by atoms with van der Waals surface area (Å²) in [5.41, 5.74) is 5.75. The van der Waals surface area contributed by atoms with Gasteiger partial charge in [-0.2, -0.15) is 0 Å². The van der Waals surface area contributed by atoms with Crippen LogP contribution >= 0.6 is 0 Å². The van der Waals surface area contributed by atoms with Gasteiger partial charge >= 0.3 is 0 Å². The van der Waals surface area contributed by atoms with Gasteiger partial charge in [0.15, 0.2) is 0 Å². The molecule has 168 valence electrons. The van der Waals surface area contributed by atoms with Gasteiger partial charge in [-0.15, -0.1) is 5.92 Å². The van der Waals surface area contributed by atoms with E-state index in [-0.39, 0.29) is 13.2 Å². The lowest BCUT2D eigenvalue weighted by molar-refractivity contribution is 0.0712. The molecule has 2 fully saturated rings. The van der Waals surface area contributed by atoms with E-state index in [2.05, 4.69) is 47.5 Å². The molecule has 1 N–H and O–H groups in total. The Hall–Kier alpha value is -3.06. The second-order valence-electron chi connectivity index (χ2n) is 9.02. The van der Waals surface area contributed by atoms with Crippen LogP contribution in [0.1, 0.15) is 95.3 Å². The molecule has 0 radical (unpaired) electrons. The van der Waals surface area contributed by atoms with E-state index < -0.39 is 0 Å². The third-order valence-corrected chi connectivity index (χ3v) is 7.08. The number of likely N-dealkylation sites (tertiary alicyclic amines) is 1. The number of carbonyl (C=O) groups is 2. The molecule has 1 saturated heterocycles. The normalized spacial score (nSPS) is 16.7. The molecule has 2 aliphatic rings. The van der Waals surface area contributed by atoms with Gasteiger partial charge in [-0.1, -0.05) is 30.5 Å². The average molecular weight is 431 g/mol. The van der Waals surface area contributed by atoms with Crippen LogP contribution in [0.4, 0.5) is 0 Å². The maximum Gasteiger partial charge on any atom is 0.254 e. The van der Waals surface area contributed by atoms with Crippen LogP contribution in [0.3, 0.4) is 0 Å². The van der Waals surface area contributed by atoms with E-state index in [1.165, 1.54) is 12.0 Å². The SMILES string of the molecule is CC#Cc1ccc(C2CCN(C(=O)c3cc(C(=O)NC)c(C4CCC4)cc3C)CC2)cc1.[HH]. The summed E-state index contributed by atoms with van der Waals surface area (Å²) in [5, 5.41) is 2.75. The third kappa shape index (κ3) is 4.43. The van der Waals surface area contributed by atoms with Gasteiger partial charge in [0.1, 0.15) is 0 Å². The first kappa shape index (κ1) is 22.1. The van der Waals surface area contributed by atoms with Gasteiger partial charge in [-0.05, 0) is 86.3 Å². The Morgan fingerprint density at radius 2 is 1.69 bits per heavy atom. The van der Waals surface area contributed by atoms with Crippen molar-refractivity contribution < 1.29 is 11.0 Å². The molecule has 0 unspecified atom stereocenters. The molecule has 0 spiro atoms. The Labute approximate surface area is 192 Å². The number of hydrogen-bond donors (Lipinski definition) is 1. The van der Waals surface area contributed by atoms with E-state index in [9.17, 15) is 9.59 Å². The topological polar surface area (TPSA) is 49.4 Å². The molecular formula is C28H34N2O2. The van der Waals surface area contributed by atoms with Gasteiger partial charge in [0, 0.05) is 38.3 Å². The van der Waals surface area contributed by atoms with E-state index in [4.69, 9.17) is 0 Å². The summed E-state index contributed by atoms with van der Waals surface area (Å²) in [4.78, 5) is 27.9. The van der Waals surface area contributed by atoms with Crippen LogP contribution < -0.4 is 5.32 Å². The van der Waals surface area contributed by atoms with E-state index >= 15 is 0 Å². The predicted molar refractivity (Wildman–Crippen MR) is 130 cm³/mol. The molecule has 0 atom stereocenters. The van der Waals surface area contributed by atoms with Crippen molar-refractivity contribution >= 4 is 11.8 Å². The molecule has 1 heterocycles. The number of nitrogens with one attached hydrogen (secondary N) is 1. The van der Waals surface area contributed by atoms with Gasteiger partial charge < -0.3 is 10.2 Å². The number of hydrogen-bond acceptors (Lipinski definition) is 2. The van der Waals surface area contributed by atoms with Crippen LogP contribution in [0, 0.1) is 18.8 Å². The fraction of sp³-hybridized carbons (Fsp3) is 0.429. The number of benzene rings is 2. The largest absolute Gasteiger partial charge is 0.355 e. The molecule has 2 aromatic rings. The molecule has 1 saturated carbocycles. The summed E-state index contributed by atoms with van der Waals surface area (Å²) in [6.07, 6.45) is 5.35. The van der Waals surface area contributed by atoms with Crippen molar-refractivity contribution in [3.63, 3.8) is 0 Å². The summed E-state index contributed by atoms with van der Waals surface area (Å²) < 4.78 is 0. The highest BCUT2D eigenvalue weighted by molar-refractivity contribution is 6.01. The predicted octanol–water partition coefficient (Wildman–Crippen LogP) is 5.26. The highest BCUT2D eigenvalue weighted by atomic mass is 16.2. The number of rotatable bonds is 4. The molecule has 4 rings (SSSR count). The van der Waals surface area contributed by atoms with Crippen molar-refractivity contribution in [2.75, 3.05) is 20.1 Å². The molecule has 2 aromatic carbocycles. The average Bonchev–Trinajstić information content (AvgIpc) is 2.78. The van der Waals surface area contributed by atoms with Crippen molar-refractivity contribution in [1.82, 2.24) is 10.2 Å². The number of nitrogens with zero attached hydrogens (tertiary/aromatic N) is 1. The monoisotopic (exact) mass is 430 g/mol. The van der Waals surface area contributed by atoms with Crippen molar-refractivity contribution in [3.05, 3.63) is 69.8 Å². The molecular weight excluding hydrogens is 396 g/mol. The molecule has 4 heteroatoms. The summed E-state index contributed by atoms with van der Waals surface area (Å²) >= 11 is 0. The van der Waals surface area contributed by atoms with E-state index in [0.29, 0.717) is 23.0 Å². The number of piperidine rings is 1. The van der Waals surface area contributed by atoms with Crippen molar-refractivity contribution in [2.24, 2.45) is 0 Å². The minimum absolute atomic E-state index is 0. The third-order valence-electron chi connectivity index (χ3n) is 7.08. The number of carbonyl (C=O) groups excluding carboxylic acids is 2. The minimum Gasteiger partial charge on any atom is -0.355 e. The summed E-state index contributed by atoms with van der Waals surface area (Å²) in [6.45, 7) is 5.32. The van der Waals surface area contributed by atoms with E-state index in [1.54, 1.807) is 7.05 Å². The van der Waals surface area contributed by atoms with Gasteiger partial charge in [0.05, 0.1) is 0 Å². The quantitative estimate of drug-likeness (QED) is 0.673. The Morgan fingerprint density at radius 1 is 1.00 bits per heavy atom. The standard InChI is InChI=1S/C28H32N2O2.H2/c1-4-6-20-9-11-21(12-10-20)22-13-15-30(16-14-22)28(32)24-18-26(27(31)29-3)25(17-19(24)2)23-7-5-8-23;/h9-12,17-18,22-23H,5,7-8,13-16H2,1-3H3,(H,29,31);1H. The van der Waals surface area contributed by atoms with Gasteiger partial charge in [0.25, 0.3) is 11.8 Å². The highest BCUT2D eigenvalue weighted by Gasteiger charge is 2.29. The maximum absolute atomic E-state index is 13.4. The first-order chi connectivity index (χ1) is 15.5. The molecule has 2 amide bonds. The van der Waals surface area contributed by atoms with Crippen LogP contribution in [0.25, 0.3) is 0 Å². The Morgan fingerprint density at radius 3 is 2.25 bits per heavy atom. The molecule has 0 bridgehead atoms. The zero-order chi connectivity index (χ0) is 22.7. The van der Waals surface area contributed by atoms with Crippen molar-refractivity contribution in [3.8, 4) is 11.8 Å². The lowest BCUT2D eigenvalue weighted by atomic mass is 9.77. The zero-order valence-corrected chi connectivity index (χ0v) is 19.3. The van der Waals surface area contributed by atoms with Crippen LogP contribution in [-0.4, -0.2) is 36.9 Å². The second-order valence-corrected chi connectivity index (χ2v) is 9.02. The van der Waals surface area contributed by atoms with Crippen molar-refractivity contribution in [1.29, 1.82) is 0 Å². The van der Waals surface area contributed by atoms with Crippen LogP contribution in [0.5, 0.6) is 0 Å². The zero-order valence-electron chi connectivity index (χ0n) is 19.3. The Balaban J connectivity index is 0.00000306. The first-order valence-corrected chi connectivity index (χ1v) is 11.7. The van der Waals surface area contributed by atoms with Crippen LogP contribution in [-0.2, 0) is 0 Å². The number of amides is 2. The van der Waals surface area contributed by atoms with Gasteiger partial charge in [0.2, 0.25) is 0 Å². The van der Waals surface area contributed by atoms with Gasteiger partial charge in [-0.3, -0.25) is 9.59 Å². The number of aryl methyl sites for hydroxylation is 1. The summed E-state index contributed by atoms with van der Waals surface area (Å²) in [6, 6.07) is 12.4. The molecule has 0 aromatic heterocycles. The Bertz CT molecular complexity index is 1070. The van der Waals surface area contributed by atoms with Crippen LogP contribution in [0.2, 0.25) is 0 Å². The fourth-order valence-electron chi connectivity index (χ4n) is 4.92. The lowest BCUT2D eigenvalue weighted by Gasteiger charge is -2.33. The fourth-order valence-corrected chi connectivity index (χ4v) is 4.92. The molecule has 4 nitrogen and oxygen atoms in total. The van der Waals surface area contributed by atoms with Gasteiger partial charge in [-0.25, -0.2) is 0 Å². The lowest BCUT2D eigenvalue weighted by Crippen LogP contribution is -2.38. The van der Waals surface area contributed by atoms with E-state index in [1.807, 2.05) is 24.8 Å². The molecule has 32 heavy (non-hydrogen) atoms. The second kappa shape index (κ2) is 9.61. The smallest absolute Gasteiger partial charge is 0.254 e. The van der Waals surface area contributed by atoms with E-state index in [0.717, 1.165) is 55.5 Å². The minimum atomic E-state index is -0.101.